The Bertz CT molecular complexity index is 916. The number of nitrogens with zero attached hydrogens (tertiary/aromatic N) is 1. The van der Waals surface area contributed by atoms with E-state index < -0.39 is 18.5 Å². The molecule has 0 fully saturated rings. The number of ether oxygens (including phenoxy) is 1. The predicted molar refractivity (Wildman–Crippen MR) is 101 cm³/mol. The molecule has 2 rings (SSSR count). The molecule has 0 saturated carbocycles. The summed E-state index contributed by atoms with van der Waals surface area (Å²) in [6.07, 6.45) is 1.35. The third-order valence-electron chi connectivity index (χ3n) is 3.26. The molecule has 0 atom stereocenters. The van der Waals surface area contributed by atoms with Gasteiger partial charge < -0.3 is 15.2 Å². The Morgan fingerprint density at radius 1 is 1.31 bits per heavy atom. The van der Waals surface area contributed by atoms with Crippen molar-refractivity contribution < 1.29 is 19.4 Å². The number of aliphatic carboxylic acids is 1. The molecule has 26 heavy (non-hydrogen) atoms. The average molecular weight is 415 g/mol. The van der Waals surface area contributed by atoms with Crippen molar-refractivity contribution in [3.05, 3.63) is 63.6 Å². The molecule has 6 nitrogen and oxygen atoms in total. The van der Waals surface area contributed by atoms with Crippen LogP contribution in [0.1, 0.15) is 11.1 Å². The van der Waals surface area contributed by atoms with E-state index in [1.54, 1.807) is 36.4 Å². The second-order valence-corrected chi connectivity index (χ2v) is 6.27. The van der Waals surface area contributed by atoms with E-state index in [0.29, 0.717) is 15.7 Å². The number of hydrogen-bond acceptors (Lipinski definition) is 4. The number of halogens is 1. The zero-order valence-corrected chi connectivity index (χ0v) is 15.4. The first kappa shape index (κ1) is 19.2. The molecule has 7 heteroatoms. The maximum absolute atomic E-state index is 12.4. The Labute approximate surface area is 158 Å². The number of rotatable bonds is 6. The number of anilines is 1. The lowest BCUT2D eigenvalue weighted by Crippen LogP contribution is -2.14. The van der Waals surface area contributed by atoms with Crippen LogP contribution in [0.3, 0.4) is 0 Å². The number of carbonyl (C=O) groups excluding carboxylic acids is 1. The molecule has 2 N–H and O–H groups in total. The fraction of sp³-hybridized carbons (Fsp3) is 0.105. The highest BCUT2D eigenvalue weighted by molar-refractivity contribution is 9.10. The van der Waals surface area contributed by atoms with Crippen LogP contribution in [0, 0.1) is 18.3 Å². The van der Waals surface area contributed by atoms with Crippen molar-refractivity contribution in [2.75, 3.05) is 11.9 Å². The van der Waals surface area contributed by atoms with Gasteiger partial charge in [0.2, 0.25) is 0 Å². The van der Waals surface area contributed by atoms with Crippen LogP contribution in [-0.4, -0.2) is 23.6 Å². The summed E-state index contributed by atoms with van der Waals surface area (Å²) in [5.41, 5.74) is 1.83. The molecule has 1 amide bonds. The summed E-state index contributed by atoms with van der Waals surface area (Å²) in [5, 5.41) is 20.8. The molecule has 0 saturated heterocycles. The lowest BCUT2D eigenvalue weighted by atomic mass is 10.1. The van der Waals surface area contributed by atoms with Crippen LogP contribution in [-0.2, 0) is 9.59 Å². The number of amides is 1. The van der Waals surface area contributed by atoms with E-state index in [1.165, 1.54) is 6.08 Å². The lowest BCUT2D eigenvalue weighted by Gasteiger charge is -2.09. The van der Waals surface area contributed by atoms with Crippen molar-refractivity contribution >= 4 is 39.6 Å². The Balaban J connectivity index is 2.30. The van der Waals surface area contributed by atoms with Crippen molar-refractivity contribution in [1.82, 2.24) is 0 Å². The van der Waals surface area contributed by atoms with Crippen molar-refractivity contribution in [2.24, 2.45) is 0 Å². The molecule has 0 unspecified atom stereocenters. The van der Waals surface area contributed by atoms with Gasteiger partial charge in [0.25, 0.3) is 5.91 Å². The fourth-order valence-electron chi connectivity index (χ4n) is 2.13. The average Bonchev–Trinajstić information content (AvgIpc) is 2.58. The maximum Gasteiger partial charge on any atom is 0.341 e. The highest BCUT2D eigenvalue weighted by Crippen LogP contribution is 2.26. The fourth-order valence-corrected chi connectivity index (χ4v) is 2.51. The zero-order chi connectivity index (χ0) is 19.1. The summed E-state index contributed by atoms with van der Waals surface area (Å²) < 4.78 is 5.90. The number of hydrogen-bond donors (Lipinski definition) is 2. The van der Waals surface area contributed by atoms with Gasteiger partial charge in [-0.1, -0.05) is 28.1 Å². The molecule has 0 aliphatic carbocycles. The van der Waals surface area contributed by atoms with Crippen molar-refractivity contribution in [3.63, 3.8) is 0 Å². The summed E-state index contributed by atoms with van der Waals surface area (Å²) in [6, 6.07) is 13.9. The van der Waals surface area contributed by atoms with Crippen LogP contribution in [0.5, 0.6) is 5.75 Å². The molecule has 132 valence electrons. The molecular weight excluding hydrogens is 400 g/mol. The molecule has 0 spiro atoms. The van der Waals surface area contributed by atoms with Crippen LogP contribution < -0.4 is 10.1 Å². The van der Waals surface area contributed by atoms with Crippen LogP contribution in [0.2, 0.25) is 0 Å². The van der Waals surface area contributed by atoms with Gasteiger partial charge in [0.1, 0.15) is 17.4 Å². The Kier molecular flexibility index (Phi) is 6.53. The Morgan fingerprint density at radius 3 is 2.73 bits per heavy atom. The maximum atomic E-state index is 12.4. The van der Waals surface area contributed by atoms with Gasteiger partial charge in [0.05, 0.1) is 0 Å². The Morgan fingerprint density at radius 2 is 2.08 bits per heavy atom. The first-order valence-corrected chi connectivity index (χ1v) is 8.32. The summed E-state index contributed by atoms with van der Waals surface area (Å²) >= 11 is 3.30. The van der Waals surface area contributed by atoms with Crippen LogP contribution in [0.4, 0.5) is 5.69 Å². The van der Waals surface area contributed by atoms with Gasteiger partial charge in [-0.05, 0) is 48.9 Å². The SMILES string of the molecule is Cc1cccc(NC(=O)/C(C#N)=C/c2cc(Br)ccc2OCC(=O)O)c1. The minimum Gasteiger partial charge on any atom is -0.481 e. The van der Waals surface area contributed by atoms with E-state index in [-0.39, 0.29) is 11.3 Å². The number of nitriles is 1. The van der Waals surface area contributed by atoms with Gasteiger partial charge in [0.15, 0.2) is 6.61 Å². The lowest BCUT2D eigenvalue weighted by molar-refractivity contribution is -0.139. The number of aryl methyl sites for hydroxylation is 1. The molecule has 0 bridgehead atoms. The number of benzene rings is 2. The minimum atomic E-state index is -1.12. The first-order chi connectivity index (χ1) is 12.4. The number of carboxylic acid groups (broad SMARTS) is 1. The van der Waals surface area contributed by atoms with Crippen LogP contribution >= 0.6 is 15.9 Å². The van der Waals surface area contributed by atoms with Crippen molar-refractivity contribution in [3.8, 4) is 11.8 Å². The highest BCUT2D eigenvalue weighted by Gasteiger charge is 2.12. The van der Waals surface area contributed by atoms with Gasteiger partial charge in [-0.3, -0.25) is 4.79 Å². The quantitative estimate of drug-likeness (QED) is 0.553. The highest BCUT2D eigenvalue weighted by atomic mass is 79.9. The summed E-state index contributed by atoms with van der Waals surface area (Å²) in [4.78, 5) is 23.1. The molecule has 2 aromatic rings. The van der Waals surface area contributed by atoms with Crippen molar-refractivity contribution in [2.45, 2.75) is 6.92 Å². The van der Waals surface area contributed by atoms with E-state index in [2.05, 4.69) is 21.2 Å². The monoisotopic (exact) mass is 414 g/mol. The standard InChI is InChI=1S/C19H15BrN2O4/c1-12-3-2-4-16(7-12)22-19(25)14(10-21)8-13-9-15(20)5-6-17(13)26-11-18(23)24/h2-9H,11H2,1H3,(H,22,25)(H,23,24)/b14-8+. The summed E-state index contributed by atoms with van der Waals surface area (Å²) in [5.74, 6) is -1.44. The van der Waals surface area contributed by atoms with Crippen molar-refractivity contribution in [1.29, 1.82) is 5.26 Å². The number of nitrogens with one attached hydrogen (secondary N) is 1. The van der Waals surface area contributed by atoms with Gasteiger partial charge >= 0.3 is 5.97 Å². The zero-order valence-electron chi connectivity index (χ0n) is 13.8. The van der Waals surface area contributed by atoms with E-state index in [4.69, 9.17) is 9.84 Å². The van der Waals surface area contributed by atoms with E-state index in [0.717, 1.165) is 5.56 Å². The molecular formula is C19H15BrN2O4. The normalized spacial score (nSPS) is 10.7. The predicted octanol–water partition coefficient (Wildman–Crippen LogP) is 3.77. The molecule has 0 heterocycles. The third-order valence-corrected chi connectivity index (χ3v) is 3.76. The van der Waals surface area contributed by atoms with Gasteiger partial charge in [-0.15, -0.1) is 0 Å². The van der Waals surface area contributed by atoms with E-state index in [9.17, 15) is 14.9 Å². The minimum absolute atomic E-state index is 0.134. The Hall–Kier alpha value is -3.11. The second-order valence-electron chi connectivity index (χ2n) is 5.36. The first-order valence-electron chi connectivity index (χ1n) is 7.53. The largest absolute Gasteiger partial charge is 0.481 e. The number of carbonyl (C=O) groups is 2. The summed E-state index contributed by atoms with van der Waals surface area (Å²) in [7, 11) is 0. The van der Waals surface area contributed by atoms with Gasteiger partial charge in [-0.25, -0.2) is 4.79 Å². The molecule has 0 radical (unpaired) electrons. The topological polar surface area (TPSA) is 99.4 Å². The molecule has 0 aromatic heterocycles. The van der Waals surface area contributed by atoms with Gasteiger partial charge in [-0.2, -0.15) is 5.26 Å². The summed E-state index contributed by atoms with van der Waals surface area (Å²) in [6.45, 7) is 1.37. The van der Waals surface area contributed by atoms with Crippen LogP contribution in [0.25, 0.3) is 6.08 Å². The second kappa shape index (κ2) is 8.83. The van der Waals surface area contributed by atoms with Gasteiger partial charge in [0, 0.05) is 15.7 Å². The molecule has 0 aliphatic rings. The molecule has 0 aliphatic heterocycles. The number of carboxylic acids is 1. The van der Waals surface area contributed by atoms with E-state index in [1.807, 2.05) is 19.1 Å². The smallest absolute Gasteiger partial charge is 0.341 e. The van der Waals surface area contributed by atoms with E-state index >= 15 is 0 Å². The molecule has 2 aromatic carbocycles. The van der Waals surface area contributed by atoms with Crippen LogP contribution in [0.15, 0.2) is 52.5 Å². The third kappa shape index (κ3) is 5.46.